The molecule has 138 valence electrons. The van der Waals surface area contributed by atoms with Crippen LogP contribution in [0.3, 0.4) is 0 Å². The van der Waals surface area contributed by atoms with E-state index in [-0.39, 0.29) is 10.8 Å². The Balaban J connectivity index is 1.93. The molecule has 1 aromatic carbocycles. The van der Waals surface area contributed by atoms with Gasteiger partial charge in [0.2, 0.25) is 0 Å². The number of aryl methyl sites for hydroxylation is 1. The molecule has 1 saturated carbocycles. The molecular formula is C19H28N2O3S. The Morgan fingerprint density at radius 3 is 2.24 bits per heavy atom. The number of amidine groups is 1. The van der Waals surface area contributed by atoms with Crippen molar-refractivity contribution in [2.45, 2.75) is 50.3 Å². The van der Waals surface area contributed by atoms with Gasteiger partial charge in [0.25, 0.3) is 10.0 Å². The molecule has 0 bridgehead atoms. The SMILES string of the molecule is Cc1ccc(S(=O)(=O)/N=C(/C2CCCCCC2)N2CCOCC2)cc1. The lowest BCUT2D eigenvalue weighted by atomic mass is 9.98. The van der Waals surface area contributed by atoms with Crippen molar-refractivity contribution in [2.24, 2.45) is 10.3 Å². The Kier molecular flexibility index (Phi) is 6.12. The van der Waals surface area contributed by atoms with Crippen LogP contribution in [0.15, 0.2) is 33.6 Å². The fourth-order valence-electron chi connectivity index (χ4n) is 3.61. The quantitative estimate of drug-likeness (QED) is 0.469. The van der Waals surface area contributed by atoms with Crippen LogP contribution in [0, 0.1) is 12.8 Å². The number of sulfonamides is 1. The van der Waals surface area contributed by atoms with Crippen LogP contribution in [0.25, 0.3) is 0 Å². The normalized spacial score (nSPS) is 21.2. The highest BCUT2D eigenvalue weighted by atomic mass is 32.2. The third-order valence-electron chi connectivity index (χ3n) is 5.09. The molecule has 1 aliphatic carbocycles. The summed E-state index contributed by atoms with van der Waals surface area (Å²) in [5.41, 5.74) is 1.04. The van der Waals surface area contributed by atoms with Crippen LogP contribution >= 0.6 is 0 Å². The minimum atomic E-state index is -3.68. The second-order valence-corrected chi connectivity index (χ2v) is 8.63. The number of morpholine rings is 1. The minimum absolute atomic E-state index is 0.237. The highest BCUT2D eigenvalue weighted by Crippen LogP contribution is 2.27. The molecule has 0 amide bonds. The van der Waals surface area contributed by atoms with E-state index in [4.69, 9.17) is 4.74 Å². The summed E-state index contributed by atoms with van der Waals surface area (Å²) in [7, 11) is -3.68. The van der Waals surface area contributed by atoms with Crippen LogP contribution in [0.2, 0.25) is 0 Å². The number of hydrogen-bond acceptors (Lipinski definition) is 3. The molecule has 2 aliphatic rings. The summed E-state index contributed by atoms with van der Waals surface area (Å²) in [4.78, 5) is 2.41. The van der Waals surface area contributed by atoms with Crippen LogP contribution in [-0.4, -0.2) is 45.5 Å². The smallest absolute Gasteiger partial charge is 0.283 e. The minimum Gasteiger partial charge on any atom is -0.378 e. The van der Waals surface area contributed by atoms with Gasteiger partial charge in [-0.05, 0) is 31.9 Å². The van der Waals surface area contributed by atoms with Crippen LogP contribution in [0.1, 0.15) is 44.1 Å². The van der Waals surface area contributed by atoms with Crippen molar-refractivity contribution < 1.29 is 13.2 Å². The van der Waals surface area contributed by atoms with Gasteiger partial charge in [0.15, 0.2) is 0 Å². The number of rotatable bonds is 3. The van der Waals surface area contributed by atoms with Crippen molar-refractivity contribution in [3.63, 3.8) is 0 Å². The summed E-state index contributed by atoms with van der Waals surface area (Å²) in [6.07, 6.45) is 6.83. The van der Waals surface area contributed by atoms with E-state index in [2.05, 4.69) is 9.30 Å². The Labute approximate surface area is 151 Å². The fraction of sp³-hybridized carbons (Fsp3) is 0.632. The van der Waals surface area contributed by atoms with Crippen molar-refractivity contribution in [1.29, 1.82) is 0 Å². The van der Waals surface area contributed by atoms with Crippen LogP contribution in [0.4, 0.5) is 0 Å². The molecule has 6 heteroatoms. The first-order valence-electron chi connectivity index (χ1n) is 9.30. The molecule has 0 unspecified atom stereocenters. The Morgan fingerprint density at radius 2 is 1.64 bits per heavy atom. The lowest BCUT2D eigenvalue weighted by molar-refractivity contribution is 0.0657. The molecule has 0 N–H and O–H groups in total. The monoisotopic (exact) mass is 364 g/mol. The summed E-state index contributed by atoms with van der Waals surface area (Å²) < 4.78 is 35.6. The lowest BCUT2D eigenvalue weighted by Gasteiger charge is -2.33. The number of benzene rings is 1. The Morgan fingerprint density at radius 1 is 1.04 bits per heavy atom. The van der Waals surface area contributed by atoms with Crippen molar-refractivity contribution >= 4 is 15.9 Å². The largest absolute Gasteiger partial charge is 0.378 e. The van der Waals surface area contributed by atoms with Crippen molar-refractivity contribution in [2.75, 3.05) is 26.3 Å². The molecule has 1 aliphatic heterocycles. The van der Waals surface area contributed by atoms with Gasteiger partial charge in [-0.25, -0.2) is 0 Å². The molecule has 25 heavy (non-hydrogen) atoms. The highest BCUT2D eigenvalue weighted by molar-refractivity contribution is 7.90. The van der Waals surface area contributed by atoms with Crippen LogP contribution < -0.4 is 0 Å². The van der Waals surface area contributed by atoms with Crippen molar-refractivity contribution in [3.05, 3.63) is 29.8 Å². The molecule has 5 nitrogen and oxygen atoms in total. The van der Waals surface area contributed by atoms with E-state index in [9.17, 15) is 8.42 Å². The van der Waals surface area contributed by atoms with Gasteiger partial charge < -0.3 is 9.64 Å². The standard InChI is InChI=1S/C19H28N2O3S/c1-16-8-10-18(11-9-16)25(22,23)20-19(21-12-14-24-15-13-21)17-6-4-2-3-5-7-17/h8-11,17H,2-7,12-15H2,1H3/b20-19-. The van der Waals surface area contributed by atoms with Crippen molar-refractivity contribution in [3.8, 4) is 0 Å². The number of ether oxygens (including phenoxy) is 1. The lowest BCUT2D eigenvalue weighted by Crippen LogP contribution is -2.44. The molecule has 1 heterocycles. The molecule has 0 radical (unpaired) electrons. The van der Waals surface area contributed by atoms with E-state index in [1.807, 2.05) is 19.1 Å². The number of nitrogens with zero attached hydrogens (tertiary/aromatic N) is 2. The topological polar surface area (TPSA) is 59.0 Å². The molecule has 0 aromatic heterocycles. The Hall–Kier alpha value is -1.40. The zero-order chi connectivity index (χ0) is 17.7. The van der Waals surface area contributed by atoms with Gasteiger partial charge in [-0.15, -0.1) is 4.40 Å². The first kappa shape index (κ1) is 18.4. The Bertz CT molecular complexity index is 684. The van der Waals surface area contributed by atoms with Gasteiger partial charge >= 0.3 is 0 Å². The summed E-state index contributed by atoms with van der Waals surface area (Å²) in [5.74, 6) is 0.992. The van der Waals surface area contributed by atoms with Gasteiger partial charge in [0, 0.05) is 19.0 Å². The molecule has 1 saturated heterocycles. The molecule has 2 fully saturated rings. The maximum absolute atomic E-state index is 12.9. The summed E-state index contributed by atoms with van der Waals surface area (Å²) in [5, 5.41) is 0. The second-order valence-electron chi connectivity index (χ2n) is 7.03. The average Bonchev–Trinajstić information content (AvgIpc) is 2.90. The fourth-order valence-corrected chi connectivity index (χ4v) is 4.70. The molecule has 0 spiro atoms. The van der Waals surface area contributed by atoms with E-state index >= 15 is 0 Å². The second kappa shape index (κ2) is 8.32. The predicted octanol–water partition coefficient (Wildman–Crippen LogP) is 3.38. The molecular weight excluding hydrogens is 336 g/mol. The summed E-state index contributed by atoms with van der Waals surface area (Å²) in [6.45, 7) is 4.66. The highest BCUT2D eigenvalue weighted by Gasteiger charge is 2.27. The maximum atomic E-state index is 12.9. The summed E-state index contributed by atoms with van der Waals surface area (Å²) >= 11 is 0. The first-order chi connectivity index (χ1) is 12.1. The van der Waals surface area contributed by atoms with Crippen LogP contribution in [0.5, 0.6) is 0 Å². The first-order valence-corrected chi connectivity index (χ1v) is 10.7. The number of hydrogen-bond donors (Lipinski definition) is 0. The van der Waals surface area contributed by atoms with E-state index in [1.165, 1.54) is 12.8 Å². The molecule has 3 rings (SSSR count). The summed E-state index contributed by atoms with van der Waals surface area (Å²) in [6, 6.07) is 6.95. The van der Waals surface area contributed by atoms with E-state index in [0.717, 1.165) is 50.2 Å². The van der Waals surface area contributed by atoms with Gasteiger partial charge in [-0.1, -0.05) is 43.4 Å². The maximum Gasteiger partial charge on any atom is 0.283 e. The molecule has 1 aromatic rings. The third-order valence-corrected chi connectivity index (χ3v) is 6.38. The van der Waals surface area contributed by atoms with Crippen molar-refractivity contribution in [1.82, 2.24) is 4.90 Å². The van der Waals surface area contributed by atoms with Crippen LogP contribution in [-0.2, 0) is 14.8 Å². The zero-order valence-corrected chi connectivity index (χ0v) is 15.8. The zero-order valence-electron chi connectivity index (χ0n) is 15.0. The van der Waals surface area contributed by atoms with Gasteiger partial charge in [0.05, 0.1) is 18.1 Å². The van der Waals surface area contributed by atoms with E-state index in [0.29, 0.717) is 13.2 Å². The van der Waals surface area contributed by atoms with Gasteiger partial charge in [-0.2, -0.15) is 8.42 Å². The van der Waals surface area contributed by atoms with Gasteiger partial charge in [0.1, 0.15) is 5.84 Å². The predicted molar refractivity (Wildman–Crippen MR) is 99.4 cm³/mol. The van der Waals surface area contributed by atoms with E-state index < -0.39 is 10.0 Å². The molecule has 0 atom stereocenters. The third kappa shape index (κ3) is 4.82. The van der Waals surface area contributed by atoms with E-state index in [1.54, 1.807) is 12.1 Å². The van der Waals surface area contributed by atoms with Gasteiger partial charge in [-0.3, -0.25) is 0 Å². The average molecular weight is 365 g/mol.